The number of rotatable bonds is 3. The van der Waals surface area contributed by atoms with Gasteiger partial charge in [0.15, 0.2) is 0 Å². The molecule has 4 nitrogen and oxygen atoms in total. The van der Waals surface area contributed by atoms with Gasteiger partial charge in [-0.1, -0.05) is 6.07 Å². The summed E-state index contributed by atoms with van der Waals surface area (Å²) in [7, 11) is 0. The highest BCUT2D eigenvalue weighted by Crippen LogP contribution is 2.30. The van der Waals surface area contributed by atoms with E-state index in [1.807, 2.05) is 12.1 Å². The first kappa shape index (κ1) is 11.7. The lowest BCUT2D eigenvalue weighted by atomic mass is 9.86. The molecule has 1 fully saturated rings. The summed E-state index contributed by atoms with van der Waals surface area (Å²) in [4.78, 5) is 12.1. The third kappa shape index (κ3) is 1.82. The molecule has 0 spiro atoms. The molecule has 1 heterocycles. The van der Waals surface area contributed by atoms with Crippen molar-refractivity contribution in [2.45, 2.75) is 19.3 Å². The molecule has 2 aliphatic rings. The van der Waals surface area contributed by atoms with Crippen LogP contribution >= 0.6 is 0 Å². The molecule has 1 saturated heterocycles. The van der Waals surface area contributed by atoms with Crippen molar-refractivity contribution in [2.75, 3.05) is 25.1 Å². The van der Waals surface area contributed by atoms with E-state index < -0.39 is 5.41 Å². The average Bonchev–Trinajstić information content (AvgIpc) is 2.75. The lowest BCUT2D eigenvalue weighted by Gasteiger charge is -2.38. The van der Waals surface area contributed by atoms with E-state index in [0.717, 1.165) is 18.5 Å². The predicted molar refractivity (Wildman–Crippen MR) is 67.4 cm³/mol. The SMILES string of the molecule is O=C(Nc1ccc2c(c1)CCC2)C1(CO)COC1. The number of fused-ring (bicyclic) bond motifs is 1. The van der Waals surface area contributed by atoms with Gasteiger partial charge in [-0.15, -0.1) is 0 Å². The Morgan fingerprint density at radius 2 is 2.11 bits per heavy atom. The number of anilines is 1. The minimum atomic E-state index is -0.737. The Labute approximate surface area is 106 Å². The normalized spacial score (nSPS) is 20.1. The molecule has 18 heavy (non-hydrogen) atoms. The highest BCUT2D eigenvalue weighted by molar-refractivity contribution is 5.96. The lowest BCUT2D eigenvalue weighted by molar-refractivity contribution is -0.164. The van der Waals surface area contributed by atoms with Gasteiger partial charge >= 0.3 is 0 Å². The molecule has 4 heteroatoms. The number of carbonyl (C=O) groups excluding carboxylic acids is 1. The molecule has 2 N–H and O–H groups in total. The summed E-state index contributed by atoms with van der Waals surface area (Å²) in [6.45, 7) is 0.449. The van der Waals surface area contributed by atoms with E-state index in [4.69, 9.17) is 4.74 Å². The first-order chi connectivity index (χ1) is 8.73. The first-order valence-electron chi connectivity index (χ1n) is 6.35. The van der Waals surface area contributed by atoms with Crippen molar-refractivity contribution >= 4 is 11.6 Å². The minimum Gasteiger partial charge on any atom is -0.395 e. The zero-order valence-corrected chi connectivity index (χ0v) is 10.2. The van der Waals surface area contributed by atoms with Crippen LogP contribution in [0.5, 0.6) is 0 Å². The van der Waals surface area contributed by atoms with Gasteiger partial charge in [0, 0.05) is 5.69 Å². The fraction of sp³-hybridized carbons (Fsp3) is 0.500. The Kier molecular flexibility index (Phi) is 2.84. The predicted octanol–water partition coefficient (Wildman–Crippen LogP) is 1.12. The highest BCUT2D eigenvalue weighted by Gasteiger charge is 2.45. The molecule has 1 amide bonds. The van der Waals surface area contributed by atoms with Crippen molar-refractivity contribution < 1.29 is 14.6 Å². The summed E-state index contributed by atoms with van der Waals surface area (Å²) in [6, 6.07) is 6.07. The second-order valence-corrected chi connectivity index (χ2v) is 5.22. The number of aliphatic hydroxyl groups is 1. The summed E-state index contributed by atoms with van der Waals surface area (Å²) in [5.41, 5.74) is 2.80. The maximum absolute atomic E-state index is 12.1. The molecule has 0 bridgehead atoms. The summed E-state index contributed by atoms with van der Waals surface area (Å²) in [5, 5.41) is 12.2. The fourth-order valence-corrected chi connectivity index (χ4v) is 2.56. The van der Waals surface area contributed by atoms with Gasteiger partial charge in [-0.25, -0.2) is 0 Å². The molecule has 96 valence electrons. The number of benzene rings is 1. The van der Waals surface area contributed by atoms with E-state index in [1.165, 1.54) is 17.5 Å². The van der Waals surface area contributed by atoms with Crippen LogP contribution in [0.1, 0.15) is 17.5 Å². The van der Waals surface area contributed by atoms with Crippen molar-refractivity contribution in [2.24, 2.45) is 5.41 Å². The zero-order valence-electron chi connectivity index (χ0n) is 10.2. The zero-order chi connectivity index (χ0) is 12.6. The van der Waals surface area contributed by atoms with Gasteiger partial charge in [-0.3, -0.25) is 4.79 Å². The monoisotopic (exact) mass is 247 g/mol. The summed E-state index contributed by atoms with van der Waals surface area (Å²) in [6.07, 6.45) is 3.42. The van der Waals surface area contributed by atoms with Crippen molar-refractivity contribution in [3.05, 3.63) is 29.3 Å². The molecule has 1 aromatic rings. The van der Waals surface area contributed by atoms with Gasteiger partial charge in [0.05, 0.1) is 19.8 Å². The Hall–Kier alpha value is -1.39. The van der Waals surface area contributed by atoms with E-state index in [-0.39, 0.29) is 12.5 Å². The summed E-state index contributed by atoms with van der Waals surface area (Å²) >= 11 is 0. The third-order valence-electron chi connectivity index (χ3n) is 3.90. The van der Waals surface area contributed by atoms with Crippen molar-refractivity contribution in [3.63, 3.8) is 0 Å². The van der Waals surface area contributed by atoms with E-state index >= 15 is 0 Å². The van der Waals surface area contributed by atoms with Crippen LogP contribution in [0.15, 0.2) is 18.2 Å². The summed E-state index contributed by atoms with van der Waals surface area (Å²) < 4.78 is 5.04. The first-order valence-corrected chi connectivity index (χ1v) is 6.35. The van der Waals surface area contributed by atoms with Crippen molar-refractivity contribution in [1.82, 2.24) is 0 Å². The van der Waals surface area contributed by atoms with Gasteiger partial charge in [0.2, 0.25) is 5.91 Å². The van der Waals surface area contributed by atoms with Gasteiger partial charge in [0.1, 0.15) is 5.41 Å². The van der Waals surface area contributed by atoms with Crippen LogP contribution in [0.25, 0.3) is 0 Å². The Bertz CT molecular complexity index is 474. The van der Waals surface area contributed by atoms with Crippen LogP contribution in [0.4, 0.5) is 5.69 Å². The van der Waals surface area contributed by atoms with E-state index in [0.29, 0.717) is 13.2 Å². The van der Waals surface area contributed by atoms with Gasteiger partial charge in [-0.05, 0) is 42.5 Å². The Morgan fingerprint density at radius 1 is 1.33 bits per heavy atom. The minimum absolute atomic E-state index is 0.144. The molecule has 1 aromatic carbocycles. The Balaban J connectivity index is 1.74. The van der Waals surface area contributed by atoms with E-state index in [9.17, 15) is 9.90 Å². The molecule has 1 aliphatic carbocycles. The standard InChI is InChI=1S/C14H17NO3/c16-7-14(8-18-9-14)13(17)15-12-5-4-10-2-1-3-11(10)6-12/h4-6,16H,1-3,7-9H2,(H,15,17). The van der Waals surface area contributed by atoms with Crippen LogP contribution < -0.4 is 5.32 Å². The quantitative estimate of drug-likeness (QED) is 0.841. The largest absolute Gasteiger partial charge is 0.395 e. The van der Waals surface area contributed by atoms with Crippen LogP contribution in [-0.4, -0.2) is 30.8 Å². The van der Waals surface area contributed by atoms with Gasteiger partial charge in [-0.2, -0.15) is 0 Å². The highest BCUT2D eigenvalue weighted by atomic mass is 16.5. The van der Waals surface area contributed by atoms with Gasteiger partial charge < -0.3 is 15.2 Å². The van der Waals surface area contributed by atoms with Gasteiger partial charge in [0.25, 0.3) is 0 Å². The lowest BCUT2D eigenvalue weighted by Crippen LogP contribution is -2.54. The average molecular weight is 247 g/mol. The number of hydrogen-bond donors (Lipinski definition) is 2. The van der Waals surface area contributed by atoms with Crippen molar-refractivity contribution in [1.29, 1.82) is 0 Å². The molecule has 3 rings (SSSR count). The van der Waals surface area contributed by atoms with Crippen LogP contribution in [0.2, 0.25) is 0 Å². The molecule has 0 saturated carbocycles. The van der Waals surface area contributed by atoms with Crippen molar-refractivity contribution in [3.8, 4) is 0 Å². The number of aliphatic hydroxyl groups excluding tert-OH is 1. The van der Waals surface area contributed by atoms with E-state index in [1.54, 1.807) is 0 Å². The number of hydrogen-bond acceptors (Lipinski definition) is 3. The number of aryl methyl sites for hydroxylation is 2. The third-order valence-corrected chi connectivity index (χ3v) is 3.90. The molecule has 0 radical (unpaired) electrons. The molecular formula is C14H17NO3. The van der Waals surface area contributed by atoms with Crippen LogP contribution in [0.3, 0.4) is 0 Å². The second-order valence-electron chi connectivity index (χ2n) is 5.22. The number of carbonyl (C=O) groups is 1. The smallest absolute Gasteiger partial charge is 0.237 e. The van der Waals surface area contributed by atoms with E-state index in [2.05, 4.69) is 11.4 Å². The summed E-state index contributed by atoms with van der Waals surface area (Å²) in [5.74, 6) is -0.144. The van der Waals surface area contributed by atoms with Crippen LogP contribution in [0, 0.1) is 5.41 Å². The van der Waals surface area contributed by atoms with Crippen LogP contribution in [-0.2, 0) is 22.4 Å². The second kappa shape index (κ2) is 4.37. The number of nitrogens with one attached hydrogen (secondary N) is 1. The molecule has 0 aromatic heterocycles. The molecule has 0 atom stereocenters. The Morgan fingerprint density at radius 3 is 2.78 bits per heavy atom. The molecular weight excluding hydrogens is 230 g/mol. The topological polar surface area (TPSA) is 58.6 Å². The maximum Gasteiger partial charge on any atom is 0.237 e. The number of ether oxygens (including phenoxy) is 1. The molecule has 1 aliphatic heterocycles. The number of amides is 1. The fourth-order valence-electron chi connectivity index (χ4n) is 2.56. The maximum atomic E-state index is 12.1. The molecule has 0 unspecified atom stereocenters.